The van der Waals surface area contributed by atoms with Gasteiger partial charge in [-0.05, 0) is 22.8 Å². The summed E-state index contributed by atoms with van der Waals surface area (Å²) < 4.78 is 4.87. The Morgan fingerprint density at radius 1 is 1.00 bits per heavy atom. The lowest BCUT2D eigenvalue weighted by Gasteiger charge is -2.00. The third kappa shape index (κ3) is 2.27. The molecule has 5 aromatic rings. The third-order valence-corrected chi connectivity index (χ3v) is 4.24. The maximum atomic E-state index is 12.6. The van der Waals surface area contributed by atoms with Gasteiger partial charge < -0.3 is 0 Å². The molecule has 0 bridgehead atoms. The second kappa shape index (κ2) is 5.62. The molecule has 0 saturated heterocycles. The number of aromatic amines is 1. The lowest BCUT2D eigenvalue weighted by Crippen LogP contribution is -2.31. The second-order valence-corrected chi connectivity index (χ2v) is 5.96. The number of nitrogens with one attached hydrogen (secondary N) is 1. The fraction of sp³-hybridized carbons (Fsp3) is 0.0556. The standard InChI is InChI=1S/C18H13N7O/c26-18-16-15(19-22-23(16)11-13-7-3-1-4-8-13)17-20-24(12-25(17)21-18)14-9-5-2-6-10-14/h1-10,12H,11H2/p+1. The van der Waals surface area contributed by atoms with Gasteiger partial charge in [-0.2, -0.15) is 5.10 Å². The van der Waals surface area contributed by atoms with Crippen molar-refractivity contribution in [2.75, 3.05) is 0 Å². The van der Waals surface area contributed by atoms with Crippen LogP contribution in [-0.4, -0.2) is 29.7 Å². The van der Waals surface area contributed by atoms with E-state index in [1.807, 2.05) is 60.7 Å². The van der Waals surface area contributed by atoms with Crippen LogP contribution in [0.2, 0.25) is 0 Å². The van der Waals surface area contributed by atoms with Gasteiger partial charge in [-0.3, -0.25) is 4.79 Å². The van der Waals surface area contributed by atoms with Crippen molar-refractivity contribution in [2.24, 2.45) is 0 Å². The van der Waals surface area contributed by atoms with Crippen LogP contribution in [0.1, 0.15) is 5.56 Å². The van der Waals surface area contributed by atoms with Crippen molar-refractivity contribution in [1.82, 2.24) is 29.7 Å². The zero-order valence-electron chi connectivity index (χ0n) is 13.6. The number of benzene rings is 2. The minimum Gasteiger partial charge on any atom is -0.264 e. The molecule has 3 aromatic heterocycles. The van der Waals surface area contributed by atoms with Gasteiger partial charge in [0.25, 0.3) is 6.33 Å². The molecule has 0 aliphatic heterocycles. The Morgan fingerprint density at radius 2 is 1.73 bits per heavy atom. The third-order valence-electron chi connectivity index (χ3n) is 4.24. The van der Waals surface area contributed by atoms with E-state index in [0.717, 1.165) is 11.3 Å². The first-order valence-electron chi connectivity index (χ1n) is 8.15. The Balaban J connectivity index is 1.69. The first kappa shape index (κ1) is 14.5. The molecule has 8 heteroatoms. The van der Waals surface area contributed by atoms with Crippen LogP contribution < -0.4 is 10.2 Å². The van der Waals surface area contributed by atoms with E-state index >= 15 is 0 Å². The topological polar surface area (TPSA) is 84.8 Å². The maximum Gasteiger partial charge on any atom is 0.314 e. The Labute approximate surface area is 146 Å². The number of nitrogens with zero attached hydrogens (tertiary/aromatic N) is 6. The van der Waals surface area contributed by atoms with Gasteiger partial charge in [0, 0.05) is 0 Å². The van der Waals surface area contributed by atoms with Crippen LogP contribution in [-0.2, 0) is 6.54 Å². The molecule has 0 aliphatic carbocycles. The molecule has 0 aliphatic rings. The lowest BCUT2D eigenvalue weighted by atomic mass is 10.2. The van der Waals surface area contributed by atoms with E-state index in [0.29, 0.717) is 23.2 Å². The predicted molar refractivity (Wildman–Crippen MR) is 94.0 cm³/mol. The molecular formula is C18H14N7O+. The van der Waals surface area contributed by atoms with Gasteiger partial charge in [0.1, 0.15) is 0 Å². The van der Waals surface area contributed by atoms with Crippen LogP contribution in [0.5, 0.6) is 0 Å². The summed E-state index contributed by atoms with van der Waals surface area (Å²) in [6, 6.07) is 19.5. The molecule has 0 spiro atoms. The van der Waals surface area contributed by atoms with E-state index in [9.17, 15) is 4.79 Å². The molecule has 0 atom stereocenters. The van der Waals surface area contributed by atoms with E-state index in [2.05, 4.69) is 20.5 Å². The molecular weight excluding hydrogens is 330 g/mol. The van der Waals surface area contributed by atoms with E-state index < -0.39 is 0 Å². The molecule has 0 fully saturated rings. The van der Waals surface area contributed by atoms with E-state index in [1.54, 1.807) is 20.2 Å². The Hall–Kier alpha value is -3.81. The average Bonchev–Trinajstić information content (AvgIpc) is 3.28. The molecule has 0 amide bonds. The summed E-state index contributed by atoms with van der Waals surface area (Å²) in [6.45, 7) is 0.468. The van der Waals surface area contributed by atoms with Crippen LogP contribution in [0.3, 0.4) is 0 Å². The lowest BCUT2D eigenvalue weighted by molar-refractivity contribution is -0.655. The van der Waals surface area contributed by atoms with Gasteiger partial charge in [-0.15, -0.1) is 5.10 Å². The van der Waals surface area contributed by atoms with Crippen molar-refractivity contribution in [3.63, 3.8) is 0 Å². The minimum absolute atomic E-state index is 0.258. The van der Waals surface area contributed by atoms with Gasteiger partial charge in [0.05, 0.1) is 6.54 Å². The number of hydrogen-bond acceptors (Lipinski definition) is 4. The molecule has 0 unspecified atom stereocenters. The fourth-order valence-electron chi connectivity index (χ4n) is 3.01. The Bertz CT molecular complexity index is 1270. The van der Waals surface area contributed by atoms with Crippen molar-refractivity contribution in [3.8, 4) is 5.69 Å². The summed E-state index contributed by atoms with van der Waals surface area (Å²) in [5.74, 6) is 0. The summed E-state index contributed by atoms with van der Waals surface area (Å²) in [6.07, 6.45) is 1.71. The molecule has 26 heavy (non-hydrogen) atoms. The zero-order chi connectivity index (χ0) is 17.5. The van der Waals surface area contributed by atoms with E-state index in [4.69, 9.17) is 0 Å². The maximum absolute atomic E-state index is 12.6. The van der Waals surface area contributed by atoms with Crippen LogP contribution in [0.15, 0.2) is 71.8 Å². The van der Waals surface area contributed by atoms with Crippen LogP contribution in [0, 0.1) is 0 Å². The van der Waals surface area contributed by atoms with Crippen molar-refractivity contribution in [3.05, 3.63) is 82.9 Å². The summed E-state index contributed by atoms with van der Waals surface area (Å²) in [7, 11) is 0. The molecule has 126 valence electrons. The van der Waals surface area contributed by atoms with E-state index in [1.165, 1.54) is 0 Å². The van der Waals surface area contributed by atoms with Crippen LogP contribution >= 0.6 is 0 Å². The first-order valence-corrected chi connectivity index (χ1v) is 8.15. The van der Waals surface area contributed by atoms with Gasteiger partial charge in [-0.25, -0.2) is 4.68 Å². The predicted octanol–water partition coefficient (Wildman–Crippen LogP) is 1.09. The molecule has 5 rings (SSSR count). The van der Waals surface area contributed by atoms with Crippen molar-refractivity contribution in [1.29, 1.82) is 0 Å². The summed E-state index contributed by atoms with van der Waals surface area (Å²) in [5, 5.41) is 15.8. The van der Waals surface area contributed by atoms with Gasteiger partial charge >= 0.3 is 11.2 Å². The second-order valence-electron chi connectivity index (χ2n) is 5.96. The smallest absolute Gasteiger partial charge is 0.264 e. The fourth-order valence-corrected chi connectivity index (χ4v) is 3.01. The molecule has 0 radical (unpaired) electrons. The highest BCUT2D eigenvalue weighted by atomic mass is 16.1. The van der Waals surface area contributed by atoms with Crippen LogP contribution in [0.25, 0.3) is 22.4 Å². The number of hydrogen-bond donors (Lipinski definition) is 1. The first-order chi connectivity index (χ1) is 12.8. The molecule has 3 heterocycles. The van der Waals surface area contributed by atoms with Crippen LogP contribution in [0.4, 0.5) is 0 Å². The van der Waals surface area contributed by atoms with Crippen molar-refractivity contribution >= 4 is 16.7 Å². The number of fused-ring (bicyclic) bond motifs is 3. The molecule has 0 saturated carbocycles. The summed E-state index contributed by atoms with van der Waals surface area (Å²) in [4.78, 5) is 12.6. The van der Waals surface area contributed by atoms with Gasteiger partial charge in [0.15, 0.2) is 16.7 Å². The summed E-state index contributed by atoms with van der Waals surface area (Å²) in [5.41, 5.74) is 3.10. The van der Waals surface area contributed by atoms with Gasteiger partial charge in [-0.1, -0.05) is 62.9 Å². The quantitative estimate of drug-likeness (QED) is 0.497. The van der Waals surface area contributed by atoms with Gasteiger partial charge in [0.2, 0.25) is 0 Å². The Morgan fingerprint density at radius 3 is 2.50 bits per heavy atom. The number of para-hydroxylation sites is 1. The average molecular weight is 344 g/mol. The molecule has 1 N–H and O–H groups in total. The normalized spacial score (nSPS) is 11.4. The van der Waals surface area contributed by atoms with Crippen molar-refractivity contribution < 1.29 is 4.68 Å². The number of rotatable bonds is 3. The number of aromatic nitrogens is 7. The highest BCUT2D eigenvalue weighted by Gasteiger charge is 2.21. The molecule has 8 nitrogen and oxygen atoms in total. The monoisotopic (exact) mass is 344 g/mol. The SMILES string of the molecule is O=c1[nH]n2c[n+](-c3ccccc3)nc2c2nnn(Cc3ccccc3)c12. The largest absolute Gasteiger partial charge is 0.314 e. The molecule has 2 aromatic carbocycles. The zero-order valence-corrected chi connectivity index (χ0v) is 13.6. The minimum atomic E-state index is -0.258. The number of H-pyrrole nitrogens is 1. The summed E-state index contributed by atoms with van der Waals surface area (Å²) >= 11 is 0. The van der Waals surface area contributed by atoms with Crippen molar-refractivity contribution in [2.45, 2.75) is 6.54 Å². The highest BCUT2D eigenvalue weighted by Crippen LogP contribution is 2.12. The highest BCUT2D eigenvalue weighted by molar-refractivity contribution is 5.85. The Kier molecular flexibility index (Phi) is 3.14. The van der Waals surface area contributed by atoms with E-state index in [-0.39, 0.29) is 5.56 Å².